The lowest BCUT2D eigenvalue weighted by Gasteiger charge is -2.18. The van der Waals surface area contributed by atoms with E-state index in [0.717, 1.165) is 29.7 Å². The van der Waals surface area contributed by atoms with Crippen molar-refractivity contribution in [2.24, 2.45) is 0 Å². The third-order valence-electron chi connectivity index (χ3n) is 2.33. The zero-order valence-corrected chi connectivity index (χ0v) is 10.9. The van der Waals surface area contributed by atoms with Crippen LogP contribution in [0.4, 0.5) is 5.82 Å². The molecule has 3 heteroatoms. The largest absolute Gasteiger partial charge is 0.360 e. The van der Waals surface area contributed by atoms with Gasteiger partial charge in [0.15, 0.2) is 0 Å². The summed E-state index contributed by atoms with van der Waals surface area (Å²) < 4.78 is 1.06. The standard InChI is InChI=1S/C12H17BrN2/c1-4-5-6-7-15(3)12-8-10(2)11(13)9-14-12/h4,8-9H,1,5-7H2,2-3H3. The summed E-state index contributed by atoms with van der Waals surface area (Å²) in [6, 6.07) is 2.10. The fourth-order valence-corrected chi connectivity index (χ4v) is 1.54. The average Bonchev–Trinajstić information content (AvgIpc) is 2.22. The molecule has 0 bridgehead atoms. The number of aromatic nitrogens is 1. The van der Waals surface area contributed by atoms with E-state index in [4.69, 9.17) is 0 Å². The molecule has 0 unspecified atom stereocenters. The van der Waals surface area contributed by atoms with Gasteiger partial charge in [0.05, 0.1) is 0 Å². The lowest BCUT2D eigenvalue weighted by Crippen LogP contribution is -2.19. The van der Waals surface area contributed by atoms with E-state index >= 15 is 0 Å². The molecule has 1 heterocycles. The molecule has 0 spiro atoms. The topological polar surface area (TPSA) is 16.1 Å². The molecule has 0 fully saturated rings. The van der Waals surface area contributed by atoms with Gasteiger partial charge in [-0.1, -0.05) is 6.08 Å². The second-order valence-corrected chi connectivity index (χ2v) is 4.50. The highest BCUT2D eigenvalue weighted by Gasteiger charge is 2.03. The van der Waals surface area contributed by atoms with Crippen LogP contribution in [0.5, 0.6) is 0 Å². The fraction of sp³-hybridized carbons (Fsp3) is 0.417. The number of unbranched alkanes of at least 4 members (excludes halogenated alkanes) is 1. The van der Waals surface area contributed by atoms with E-state index in [-0.39, 0.29) is 0 Å². The summed E-state index contributed by atoms with van der Waals surface area (Å²) in [6.45, 7) is 6.81. The van der Waals surface area contributed by atoms with Crippen molar-refractivity contribution < 1.29 is 0 Å². The van der Waals surface area contributed by atoms with Crippen LogP contribution >= 0.6 is 15.9 Å². The molecule has 1 aromatic rings. The van der Waals surface area contributed by atoms with Crippen molar-refractivity contribution in [1.82, 2.24) is 4.98 Å². The Morgan fingerprint density at radius 3 is 2.93 bits per heavy atom. The zero-order chi connectivity index (χ0) is 11.3. The highest BCUT2D eigenvalue weighted by atomic mass is 79.9. The molecule has 0 aliphatic carbocycles. The lowest BCUT2D eigenvalue weighted by atomic mass is 10.2. The maximum atomic E-state index is 4.37. The highest BCUT2D eigenvalue weighted by molar-refractivity contribution is 9.10. The van der Waals surface area contributed by atoms with Crippen LogP contribution in [0.3, 0.4) is 0 Å². The van der Waals surface area contributed by atoms with Gasteiger partial charge in [-0.25, -0.2) is 4.98 Å². The molecule has 82 valence electrons. The van der Waals surface area contributed by atoms with Crippen LogP contribution in [0.25, 0.3) is 0 Å². The van der Waals surface area contributed by atoms with Crippen LogP contribution in [0.15, 0.2) is 29.4 Å². The number of hydrogen-bond donors (Lipinski definition) is 0. The number of nitrogens with zero attached hydrogens (tertiary/aromatic N) is 2. The van der Waals surface area contributed by atoms with E-state index in [1.165, 1.54) is 5.56 Å². The molecule has 0 radical (unpaired) electrons. The number of aryl methyl sites for hydroxylation is 1. The van der Waals surface area contributed by atoms with Crippen LogP contribution in [-0.2, 0) is 0 Å². The van der Waals surface area contributed by atoms with Gasteiger partial charge in [0.25, 0.3) is 0 Å². The van der Waals surface area contributed by atoms with Crippen molar-refractivity contribution in [1.29, 1.82) is 0 Å². The summed E-state index contributed by atoms with van der Waals surface area (Å²) in [6.07, 6.45) is 5.99. The normalized spacial score (nSPS) is 10.1. The molecule has 0 N–H and O–H groups in total. The Bertz CT molecular complexity index is 336. The number of pyridine rings is 1. The van der Waals surface area contributed by atoms with Gasteiger partial charge in [-0.3, -0.25) is 0 Å². The Kier molecular flexibility index (Phi) is 4.82. The molecule has 1 rings (SSSR count). The third-order valence-corrected chi connectivity index (χ3v) is 3.16. The van der Waals surface area contributed by atoms with Crippen molar-refractivity contribution in [2.45, 2.75) is 19.8 Å². The minimum Gasteiger partial charge on any atom is -0.360 e. The maximum absolute atomic E-state index is 4.37. The van der Waals surface area contributed by atoms with Crippen molar-refractivity contribution >= 4 is 21.7 Å². The monoisotopic (exact) mass is 268 g/mol. The average molecular weight is 269 g/mol. The Morgan fingerprint density at radius 1 is 1.60 bits per heavy atom. The minimum absolute atomic E-state index is 1.01. The second kappa shape index (κ2) is 5.91. The molecule has 0 saturated heterocycles. The van der Waals surface area contributed by atoms with Gasteiger partial charge in [-0.2, -0.15) is 0 Å². The Balaban J connectivity index is 2.61. The first-order valence-corrected chi connectivity index (χ1v) is 5.88. The molecular weight excluding hydrogens is 252 g/mol. The molecule has 0 atom stereocenters. The van der Waals surface area contributed by atoms with Crippen molar-refractivity contribution in [3.05, 3.63) is 35.0 Å². The van der Waals surface area contributed by atoms with E-state index in [0.29, 0.717) is 0 Å². The van der Waals surface area contributed by atoms with E-state index in [9.17, 15) is 0 Å². The van der Waals surface area contributed by atoms with Crippen LogP contribution in [0, 0.1) is 6.92 Å². The summed E-state index contributed by atoms with van der Waals surface area (Å²) in [5.41, 5.74) is 1.22. The third kappa shape index (κ3) is 3.67. The molecule has 2 nitrogen and oxygen atoms in total. The summed E-state index contributed by atoms with van der Waals surface area (Å²) in [5.74, 6) is 1.03. The smallest absolute Gasteiger partial charge is 0.128 e. The predicted octanol–water partition coefficient (Wildman–Crippen LogP) is 3.55. The van der Waals surface area contributed by atoms with Gasteiger partial charge in [0.2, 0.25) is 0 Å². The molecule has 0 aliphatic rings. The van der Waals surface area contributed by atoms with Gasteiger partial charge in [0.1, 0.15) is 5.82 Å². The summed E-state index contributed by atoms with van der Waals surface area (Å²) in [7, 11) is 2.07. The first-order chi connectivity index (χ1) is 7.15. The van der Waals surface area contributed by atoms with E-state index < -0.39 is 0 Å². The van der Waals surface area contributed by atoms with E-state index in [1.54, 1.807) is 0 Å². The highest BCUT2D eigenvalue weighted by Crippen LogP contribution is 2.19. The second-order valence-electron chi connectivity index (χ2n) is 3.64. The Morgan fingerprint density at radius 2 is 2.33 bits per heavy atom. The van der Waals surface area contributed by atoms with Crippen LogP contribution in [0.2, 0.25) is 0 Å². The Hall–Kier alpha value is -0.830. The van der Waals surface area contributed by atoms with Crippen molar-refractivity contribution in [3.63, 3.8) is 0 Å². The van der Waals surface area contributed by atoms with E-state index in [2.05, 4.69) is 52.4 Å². The zero-order valence-electron chi connectivity index (χ0n) is 9.33. The lowest BCUT2D eigenvalue weighted by molar-refractivity contribution is 0.791. The van der Waals surface area contributed by atoms with Crippen LogP contribution in [0.1, 0.15) is 18.4 Å². The van der Waals surface area contributed by atoms with Gasteiger partial charge >= 0.3 is 0 Å². The summed E-state index contributed by atoms with van der Waals surface area (Å²) in [4.78, 5) is 6.54. The van der Waals surface area contributed by atoms with E-state index in [1.807, 2.05) is 12.3 Å². The van der Waals surface area contributed by atoms with Crippen molar-refractivity contribution in [2.75, 3.05) is 18.5 Å². The first-order valence-electron chi connectivity index (χ1n) is 5.09. The Labute approximate surface area is 100 Å². The van der Waals surface area contributed by atoms with Crippen LogP contribution < -0.4 is 4.90 Å². The maximum Gasteiger partial charge on any atom is 0.128 e. The van der Waals surface area contributed by atoms with Gasteiger partial charge in [-0.15, -0.1) is 6.58 Å². The molecular formula is C12H17BrN2. The van der Waals surface area contributed by atoms with Gasteiger partial charge in [-0.05, 0) is 47.3 Å². The number of anilines is 1. The predicted molar refractivity (Wildman–Crippen MR) is 69.4 cm³/mol. The molecule has 0 aliphatic heterocycles. The number of allylic oxidation sites excluding steroid dienone is 1. The molecule has 0 aromatic carbocycles. The van der Waals surface area contributed by atoms with Crippen LogP contribution in [-0.4, -0.2) is 18.6 Å². The minimum atomic E-state index is 1.01. The summed E-state index contributed by atoms with van der Waals surface area (Å²) in [5, 5.41) is 0. The number of hydrogen-bond acceptors (Lipinski definition) is 2. The summed E-state index contributed by atoms with van der Waals surface area (Å²) >= 11 is 3.45. The number of halogens is 1. The first kappa shape index (κ1) is 12.2. The molecule has 15 heavy (non-hydrogen) atoms. The van der Waals surface area contributed by atoms with Gasteiger partial charge in [0, 0.05) is 24.3 Å². The molecule has 1 aromatic heterocycles. The molecule has 0 amide bonds. The van der Waals surface area contributed by atoms with Gasteiger partial charge < -0.3 is 4.90 Å². The quantitative estimate of drug-likeness (QED) is 0.600. The SMILES string of the molecule is C=CCCCN(C)c1cc(C)c(Br)cn1. The molecule has 0 saturated carbocycles. The fourth-order valence-electron chi connectivity index (χ4n) is 1.32. The van der Waals surface area contributed by atoms with Crippen molar-refractivity contribution in [3.8, 4) is 0 Å². The number of rotatable bonds is 5.